The molecule has 1 N–H and O–H groups in total. The Balaban J connectivity index is 1.67. The maximum absolute atomic E-state index is 12.9. The monoisotopic (exact) mass is 400 g/mol. The van der Waals surface area contributed by atoms with Crippen molar-refractivity contribution < 1.29 is 14.0 Å². The van der Waals surface area contributed by atoms with Crippen LogP contribution in [0.2, 0.25) is 0 Å². The fourth-order valence-electron chi connectivity index (χ4n) is 3.48. The lowest BCUT2D eigenvalue weighted by atomic mass is 9.92. The van der Waals surface area contributed by atoms with Crippen molar-refractivity contribution in [3.05, 3.63) is 35.9 Å². The molecule has 7 nitrogen and oxygen atoms in total. The van der Waals surface area contributed by atoms with Crippen molar-refractivity contribution in [2.75, 3.05) is 18.4 Å². The number of amides is 2. The Labute approximate surface area is 172 Å². The highest BCUT2D eigenvalue weighted by atomic mass is 16.3. The van der Waals surface area contributed by atoms with Crippen molar-refractivity contribution in [3.63, 3.8) is 0 Å². The molecule has 2 aromatic heterocycles. The number of furan rings is 1. The molecular formula is C22H32N4O3. The van der Waals surface area contributed by atoms with Crippen molar-refractivity contribution in [1.82, 2.24) is 14.7 Å². The molecule has 0 radical (unpaired) electrons. The third-order valence-electron chi connectivity index (χ3n) is 5.25. The van der Waals surface area contributed by atoms with Crippen molar-refractivity contribution in [2.24, 2.45) is 5.92 Å². The van der Waals surface area contributed by atoms with Gasteiger partial charge in [0.15, 0.2) is 5.76 Å². The highest BCUT2D eigenvalue weighted by Gasteiger charge is 2.31. The maximum Gasteiger partial charge on any atom is 0.289 e. The third-order valence-corrected chi connectivity index (χ3v) is 5.25. The number of carbonyl (C=O) groups is 2. The Morgan fingerprint density at radius 2 is 1.79 bits per heavy atom. The second kappa shape index (κ2) is 7.69. The number of anilines is 1. The topological polar surface area (TPSA) is 80.4 Å². The zero-order chi connectivity index (χ0) is 21.4. The first kappa shape index (κ1) is 21.1. The van der Waals surface area contributed by atoms with Crippen LogP contribution in [0.4, 0.5) is 5.82 Å². The van der Waals surface area contributed by atoms with Crippen LogP contribution in [0.3, 0.4) is 0 Å². The van der Waals surface area contributed by atoms with E-state index < -0.39 is 0 Å². The standard InChI is InChI=1S/C22H32N4O3/c1-21(2,3)17-14-18(26(24-17)22(4,5)6)23-19(27)15-9-11-25(12-10-15)20(28)16-8-7-13-29-16/h7-8,13-15H,9-12H2,1-6H3,(H,23,27). The predicted octanol–water partition coefficient (Wildman–Crippen LogP) is 4.02. The quantitative estimate of drug-likeness (QED) is 0.844. The fourth-order valence-corrected chi connectivity index (χ4v) is 3.48. The molecule has 0 bridgehead atoms. The van der Waals surface area contributed by atoms with Crippen molar-refractivity contribution >= 4 is 17.6 Å². The summed E-state index contributed by atoms with van der Waals surface area (Å²) in [5.74, 6) is 0.811. The van der Waals surface area contributed by atoms with Gasteiger partial charge in [0.05, 0.1) is 17.5 Å². The smallest absolute Gasteiger partial charge is 0.289 e. The fraction of sp³-hybridized carbons (Fsp3) is 0.591. The summed E-state index contributed by atoms with van der Waals surface area (Å²) < 4.78 is 7.09. The van der Waals surface area contributed by atoms with Gasteiger partial charge in [-0.15, -0.1) is 0 Å². The number of hydrogen-bond donors (Lipinski definition) is 1. The summed E-state index contributed by atoms with van der Waals surface area (Å²) in [6, 6.07) is 5.35. The van der Waals surface area contributed by atoms with Gasteiger partial charge in [-0.1, -0.05) is 20.8 Å². The number of hydrogen-bond acceptors (Lipinski definition) is 4. The number of nitrogens with zero attached hydrogens (tertiary/aromatic N) is 3. The first-order chi connectivity index (χ1) is 13.5. The molecule has 1 aliphatic heterocycles. The van der Waals surface area contributed by atoms with Gasteiger partial charge < -0.3 is 14.6 Å². The van der Waals surface area contributed by atoms with Crippen molar-refractivity contribution in [1.29, 1.82) is 0 Å². The van der Waals surface area contributed by atoms with E-state index in [1.807, 2.05) is 10.7 Å². The van der Waals surface area contributed by atoms with Crippen LogP contribution in [0.15, 0.2) is 28.9 Å². The van der Waals surface area contributed by atoms with Gasteiger partial charge >= 0.3 is 0 Å². The minimum atomic E-state index is -0.245. The number of nitrogens with one attached hydrogen (secondary N) is 1. The molecular weight excluding hydrogens is 368 g/mol. The van der Waals surface area contributed by atoms with Crippen LogP contribution in [0, 0.1) is 5.92 Å². The summed E-state index contributed by atoms with van der Waals surface area (Å²) in [6.45, 7) is 13.6. The summed E-state index contributed by atoms with van der Waals surface area (Å²) >= 11 is 0. The van der Waals surface area contributed by atoms with E-state index >= 15 is 0 Å². The van der Waals surface area contributed by atoms with Crippen LogP contribution in [0.1, 0.15) is 70.6 Å². The van der Waals surface area contributed by atoms with Crippen LogP contribution in [-0.4, -0.2) is 39.6 Å². The lowest BCUT2D eigenvalue weighted by molar-refractivity contribution is -0.121. The Kier molecular flexibility index (Phi) is 5.61. The number of rotatable bonds is 3. The van der Waals surface area contributed by atoms with E-state index in [-0.39, 0.29) is 28.7 Å². The first-order valence-corrected chi connectivity index (χ1v) is 10.2. The van der Waals surface area contributed by atoms with E-state index in [1.54, 1.807) is 17.0 Å². The molecule has 158 valence electrons. The lowest BCUT2D eigenvalue weighted by Crippen LogP contribution is -2.41. The van der Waals surface area contributed by atoms with E-state index in [4.69, 9.17) is 9.52 Å². The molecule has 3 rings (SSSR count). The molecule has 1 saturated heterocycles. The average Bonchev–Trinajstić information content (AvgIpc) is 3.30. The average molecular weight is 401 g/mol. The number of carbonyl (C=O) groups excluding carboxylic acids is 2. The van der Waals surface area contributed by atoms with Gasteiger partial charge in [0.25, 0.3) is 5.91 Å². The Bertz CT molecular complexity index is 861. The zero-order valence-electron chi connectivity index (χ0n) is 18.3. The lowest BCUT2D eigenvalue weighted by Gasteiger charge is -2.31. The number of piperidine rings is 1. The van der Waals surface area contributed by atoms with Gasteiger partial charge in [0, 0.05) is 30.5 Å². The number of aromatic nitrogens is 2. The molecule has 1 aliphatic rings. The van der Waals surface area contributed by atoms with Gasteiger partial charge in [-0.3, -0.25) is 9.59 Å². The summed E-state index contributed by atoms with van der Waals surface area (Å²) in [4.78, 5) is 27.1. The molecule has 0 aromatic carbocycles. The predicted molar refractivity (Wildman–Crippen MR) is 112 cm³/mol. The van der Waals surface area contributed by atoms with E-state index in [2.05, 4.69) is 46.9 Å². The molecule has 0 unspecified atom stereocenters. The van der Waals surface area contributed by atoms with Gasteiger partial charge in [0.1, 0.15) is 5.82 Å². The molecule has 2 amide bonds. The second-order valence-corrected chi connectivity index (χ2v) is 9.78. The summed E-state index contributed by atoms with van der Waals surface area (Å²) in [5, 5.41) is 7.84. The molecule has 0 saturated carbocycles. The highest BCUT2D eigenvalue weighted by molar-refractivity contribution is 5.93. The molecule has 0 spiro atoms. The third kappa shape index (κ3) is 4.71. The zero-order valence-corrected chi connectivity index (χ0v) is 18.3. The maximum atomic E-state index is 12.9. The highest BCUT2D eigenvalue weighted by Crippen LogP contribution is 2.29. The Morgan fingerprint density at radius 3 is 2.31 bits per heavy atom. The van der Waals surface area contributed by atoms with Gasteiger partial charge in [0.2, 0.25) is 5.91 Å². The molecule has 3 heterocycles. The molecule has 29 heavy (non-hydrogen) atoms. The Hall–Kier alpha value is -2.57. The van der Waals surface area contributed by atoms with E-state index in [1.165, 1.54) is 6.26 Å². The number of likely N-dealkylation sites (tertiary alicyclic amines) is 1. The van der Waals surface area contributed by atoms with E-state index in [0.717, 1.165) is 11.5 Å². The van der Waals surface area contributed by atoms with Gasteiger partial charge in [-0.25, -0.2) is 4.68 Å². The first-order valence-electron chi connectivity index (χ1n) is 10.2. The van der Waals surface area contributed by atoms with Crippen LogP contribution in [-0.2, 0) is 15.7 Å². The summed E-state index contributed by atoms with van der Waals surface area (Å²) in [5.41, 5.74) is 0.597. The van der Waals surface area contributed by atoms with E-state index in [9.17, 15) is 9.59 Å². The normalized spacial score (nSPS) is 16.1. The summed E-state index contributed by atoms with van der Waals surface area (Å²) in [7, 11) is 0. The van der Waals surface area contributed by atoms with Gasteiger partial charge in [-0.2, -0.15) is 5.10 Å². The molecule has 1 fully saturated rings. The van der Waals surface area contributed by atoms with Crippen LogP contribution in [0.5, 0.6) is 0 Å². The van der Waals surface area contributed by atoms with Crippen LogP contribution < -0.4 is 5.32 Å². The van der Waals surface area contributed by atoms with Gasteiger partial charge in [-0.05, 0) is 45.7 Å². The van der Waals surface area contributed by atoms with Crippen LogP contribution >= 0.6 is 0 Å². The largest absolute Gasteiger partial charge is 0.459 e. The molecule has 7 heteroatoms. The Morgan fingerprint density at radius 1 is 1.14 bits per heavy atom. The summed E-state index contributed by atoms with van der Waals surface area (Å²) in [6.07, 6.45) is 2.76. The minimum Gasteiger partial charge on any atom is -0.459 e. The van der Waals surface area contributed by atoms with E-state index in [0.29, 0.717) is 31.7 Å². The van der Waals surface area contributed by atoms with Crippen LogP contribution in [0.25, 0.3) is 0 Å². The molecule has 2 aromatic rings. The molecule has 0 aliphatic carbocycles. The SMILES string of the molecule is CC(C)(C)c1cc(NC(=O)C2CCN(C(=O)c3ccco3)CC2)n(C(C)(C)C)n1. The second-order valence-electron chi connectivity index (χ2n) is 9.78. The van der Waals surface area contributed by atoms with Crippen molar-refractivity contribution in [2.45, 2.75) is 65.3 Å². The van der Waals surface area contributed by atoms with Crippen molar-refractivity contribution in [3.8, 4) is 0 Å². The minimum absolute atomic E-state index is 0.0130. The molecule has 0 atom stereocenters.